The molecule has 0 radical (unpaired) electrons. The van der Waals surface area contributed by atoms with Gasteiger partial charge in [-0.05, 0) is 36.4 Å². The van der Waals surface area contributed by atoms with Crippen LogP contribution < -0.4 is 5.32 Å². The Morgan fingerprint density at radius 1 is 1.06 bits per heavy atom. The zero-order valence-electron chi connectivity index (χ0n) is 11.8. The van der Waals surface area contributed by atoms with Crippen molar-refractivity contribution in [2.75, 3.05) is 6.54 Å². The smallest absolute Gasteiger partial charge is 0.162 e. The molecule has 1 nitrogen and oxygen atoms in total. The molecular weight excluding hydrogens is 232 g/mol. The van der Waals surface area contributed by atoms with Gasteiger partial charge < -0.3 is 5.32 Å². The number of benzene rings is 1. The summed E-state index contributed by atoms with van der Waals surface area (Å²) in [4.78, 5) is 0. The first kappa shape index (κ1) is 15.1. The Labute approximate surface area is 109 Å². The highest BCUT2D eigenvalue weighted by Gasteiger charge is 2.20. The third-order valence-electron chi connectivity index (χ3n) is 3.50. The fraction of sp³-hybridized carbons (Fsp3) is 0.600. The number of aryl methyl sites for hydroxylation is 1. The summed E-state index contributed by atoms with van der Waals surface area (Å²) in [5.74, 6) is -1.17. The first-order chi connectivity index (χ1) is 8.34. The molecule has 1 N–H and O–H groups in total. The third-order valence-corrected chi connectivity index (χ3v) is 3.50. The Bertz CT molecular complexity index is 402. The van der Waals surface area contributed by atoms with Crippen molar-refractivity contribution in [1.82, 2.24) is 5.32 Å². The minimum Gasteiger partial charge on any atom is -0.314 e. The highest BCUT2D eigenvalue weighted by atomic mass is 19.2. The lowest BCUT2D eigenvalue weighted by Crippen LogP contribution is -2.30. The van der Waals surface area contributed by atoms with Crippen LogP contribution in [0.15, 0.2) is 12.1 Å². The Kier molecular flexibility index (Phi) is 5.27. The van der Waals surface area contributed by atoms with E-state index in [1.54, 1.807) is 19.1 Å². The summed E-state index contributed by atoms with van der Waals surface area (Å²) < 4.78 is 27.4. The van der Waals surface area contributed by atoms with Crippen LogP contribution in [-0.2, 0) is 0 Å². The van der Waals surface area contributed by atoms with Crippen LogP contribution in [0, 0.1) is 24.5 Å². The van der Waals surface area contributed by atoms with Crippen LogP contribution >= 0.6 is 0 Å². The first-order valence-corrected chi connectivity index (χ1v) is 6.52. The predicted octanol–water partition coefficient (Wildman–Crippen LogP) is 4.01. The lowest BCUT2D eigenvalue weighted by Gasteiger charge is -2.23. The van der Waals surface area contributed by atoms with Crippen LogP contribution in [0.3, 0.4) is 0 Å². The lowest BCUT2D eigenvalue weighted by molar-refractivity contribution is 0.407. The molecule has 0 aliphatic heterocycles. The minimum atomic E-state index is -0.719. The molecular formula is C15H23F2N. The van der Waals surface area contributed by atoms with Gasteiger partial charge in [-0.1, -0.05) is 39.8 Å². The van der Waals surface area contributed by atoms with E-state index in [2.05, 4.69) is 26.1 Å². The van der Waals surface area contributed by atoms with E-state index in [-0.39, 0.29) is 11.8 Å². The summed E-state index contributed by atoms with van der Waals surface area (Å²) >= 11 is 0. The Hall–Kier alpha value is -0.960. The molecule has 2 atom stereocenters. The summed E-state index contributed by atoms with van der Waals surface area (Å²) in [5.41, 5.74) is 0.826. The minimum absolute atomic E-state index is 0.00801. The van der Waals surface area contributed by atoms with E-state index in [0.29, 0.717) is 17.2 Å². The van der Waals surface area contributed by atoms with E-state index in [0.717, 1.165) is 6.54 Å². The highest BCUT2D eigenvalue weighted by Crippen LogP contribution is 2.28. The molecule has 0 aromatic heterocycles. The largest absolute Gasteiger partial charge is 0.314 e. The molecule has 0 spiro atoms. The van der Waals surface area contributed by atoms with Gasteiger partial charge in [-0.15, -0.1) is 0 Å². The zero-order chi connectivity index (χ0) is 13.9. The molecule has 102 valence electrons. The van der Waals surface area contributed by atoms with Gasteiger partial charge in [0, 0.05) is 6.04 Å². The van der Waals surface area contributed by atoms with Crippen LogP contribution in [0.25, 0.3) is 0 Å². The molecule has 0 fully saturated rings. The van der Waals surface area contributed by atoms with E-state index in [4.69, 9.17) is 0 Å². The number of nitrogens with one attached hydrogen (secondary N) is 1. The quantitative estimate of drug-likeness (QED) is 0.838. The monoisotopic (exact) mass is 255 g/mol. The van der Waals surface area contributed by atoms with E-state index in [1.807, 2.05) is 6.92 Å². The molecule has 2 unspecified atom stereocenters. The average Bonchev–Trinajstić information content (AvgIpc) is 2.32. The van der Waals surface area contributed by atoms with E-state index in [9.17, 15) is 8.78 Å². The van der Waals surface area contributed by atoms with E-state index >= 15 is 0 Å². The van der Waals surface area contributed by atoms with E-state index < -0.39 is 11.6 Å². The molecule has 1 rings (SSSR count). The van der Waals surface area contributed by atoms with Crippen LogP contribution in [-0.4, -0.2) is 12.6 Å². The SMILES string of the molecule is Cc1ccc(C(C)C(C)CNC(C)C)c(F)c1F. The van der Waals surface area contributed by atoms with Gasteiger partial charge in [0.2, 0.25) is 0 Å². The maximum atomic E-state index is 13.9. The number of hydrogen-bond donors (Lipinski definition) is 1. The van der Waals surface area contributed by atoms with Crippen molar-refractivity contribution in [2.24, 2.45) is 5.92 Å². The van der Waals surface area contributed by atoms with Crippen LogP contribution in [0.4, 0.5) is 8.78 Å². The maximum absolute atomic E-state index is 13.9. The van der Waals surface area contributed by atoms with Crippen molar-refractivity contribution in [3.8, 4) is 0 Å². The molecule has 1 aromatic carbocycles. The molecule has 0 aliphatic carbocycles. The second-order valence-electron chi connectivity index (χ2n) is 5.43. The normalized spacial score (nSPS) is 14.9. The molecule has 0 aliphatic rings. The van der Waals surface area contributed by atoms with Gasteiger partial charge in [-0.25, -0.2) is 8.78 Å². The van der Waals surface area contributed by atoms with Crippen molar-refractivity contribution in [3.05, 3.63) is 34.9 Å². The molecule has 1 aromatic rings. The summed E-state index contributed by atoms with van der Waals surface area (Å²) in [6.07, 6.45) is 0. The van der Waals surface area contributed by atoms with Crippen LogP contribution in [0.5, 0.6) is 0 Å². The predicted molar refractivity (Wildman–Crippen MR) is 71.8 cm³/mol. The van der Waals surface area contributed by atoms with Gasteiger partial charge in [0.15, 0.2) is 11.6 Å². The van der Waals surface area contributed by atoms with Crippen molar-refractivity contribution in [1.29, 1.82) is 0 Å². The summed E-state index contributed by atoms with van der Waals surface area (Å²) in [5, 5.41) is 3.33. The molecule has 18 heavy (non-hydrogen) atoms. The second-order valence-corrected chi connectivity index (χ2v) is 5.43. The standard InChI is InChI=1S/C15H23F2N/c1-9(2)18-8-11(4)12(5)13-7-6-10(3)14(16)15(13)17/h6-7,9,11-12,18H,8H2,1-5H3. The number of rotatable bonds is 5. The summed E-state index contributed by atoms with van der Waals surface area (Å²) in [7, 11) is 0. The number of halogens is 2. The average molecular weight is 255 g/mol. The summed E-state index contributed by atoms with van der Waals surface area (Å²) in [6.45, 7) is 10.5. The highest BCUT2D eigenvalue weighted by molar-refractivity contribution is 5.28. The van der Waals surface area contributed by atoms with Gasteiger partial charge in [0.1, 0.15) is 0 Å². The van der Waals surface area contributed by atoms with Crippen LogP contribution in [0.1, 0.15) is 44.7 Å². The van der Waals surface area contributed by atoms with E-state index in [1.165, 1.54) is 0 Å². The van der Waals surface area contributed by atoms with Gasteiger partial charge >= 0.3 is 0 Å². The molecule has 0 bridgehead atoms. The first-order valence-electron chi connectivity index (χ1n) is 6.52. The molecule has 0 amide bonds. The van der Waals surface area contributed by atoms with Gasteiger partial charge in [0.05, 0.1) is 0 Å². The van der Waals surface area contributed by atoms with Crippen molar-refractivity contribution >= 4 is 0 Å². The molecule has 0 saturated carbocycles. The van der Waals surface area contributed by atoms with Gasteiger partial charge in [0.25, 0.3) is 0 Å². The van der Waals surface area contributed by atoms with Crippen LogP contribution in [0.2, 0.25) is 0 Å². The Balaban J connectivity index is 2.83. The third kappa shape index (κ3) is 3.52. The Morgan fingerprint density at radius 2 is 1.67 bits per heavy atom. The fourth-order valence-electron chi connectivity index (χ4n) is 1.92. The van der Waals surface area contributed by atoms with Crippen molar-refractivity contribution in [2.45, 2.75) is 46.6 Å². The molecule has 3 heteroatoms. The van der Waals surface area contributed by atoms with Crippen molar-refractivity contribution < 1.29 is 8.78 Å². The van der Waals surface area contributed by atoms with Gasteiger partial charge in [-0.2, -0.15) is 0 Å². The van der Waals surface area contributed by atoms with Gasteiger partial charge in [-0.3, -0.25) is 0 Å². The summed E-state index contributed by atoms with van der Waals surface area (Å²) in [6, 6.07) is 3.75. The lowest BCUT2D eigenvalue weighted by atomic mass is 9.88. The fourth-order valence-corrected chi connectivity index (χ4v) is 1.92. The number of hydrogen-bond acceptors (Lipinski definition) is 1. The second kappa shape index (κ2) is 6.28. The molecule has 0 saturated heterocycles. The topological polar surface area (TPSA) is 12.0 Å². The Morgan fingerprint density at radius 3 is 2.22 bits per heavy atom. The zero-order valence-corrected chi connectivity index (χ0v) is 11.8. The molecule has 0 heterocycles. The maximum Gasteiger partial charge on any atom is 0.162 e. The van der Waals surface area contributed by atoms with Crippen molar-refractivity contribution in [3.63, 3.8) is 0 Å².